The number of hydrogen-bond donors (Lipinski definition) is 2. The van der Waals surface area contributed by atoms with Gasteiger partial charge in [0.15, 0.2) is 0 Å². The molecule has 2 unspecified atom stereocenters. The Balaban J connectivity index is 1.91. The van der Waals surface area contributed by atoms with Crippen LogP contribution in [-0.2, 0) is 9.53 Å². The van der Waals surface area contributed by atoms with Gasteiger partial charge in [-0.1, -0.05) is 28.1 Å². The summed E-state index contributed by atoms with van der Waals surface area (Å²) in [5.74, 6) is -0.00915. The van der Waals surface area contributed by atoms with Gasteiger partial charge >= 0.3 is 0 Å². The lowest BCUT2D eigenvalue weighted by molar-refractivity contribution is -0.126. The topological polar surface area (TPSA) is 50.4 Å². The molecular weight excluding hydrogens is 296 g/mol. The molecule has 1 aromatic rings. The first kappa shape index (κ1) is 13.5. The second kappa shape index (κ2) is 6.31. The van der Waals surface area contributed by atoms with Crippen LogP contribution in [0.4, 0.5) is 0 Å². The van der Waals surface area contributed by atoms with Crippen LogP contribution in [0.25, 0.3) is 0 Å². The monoisotopic (exact) mass is 312 g/mol. The van der Waals surface area contributed by atoms with E-state index in [1.807, 2.05) is 31.2 Å². The number of ether oxygens (including phenoxy) is 1. The Hall–Kier alpha value is -0.910. The van der Waals surface area contributed by atoms with E-state index in [4.69, 9.17) is 4.74 Å². The highest BCUT2D eigenvalue weighted by Crippen LogP contribution is 2.16. The molecule has 0 saturated carbocycles. The van der Waals surface area contributed by atoms with Crippen molar-refractivity contribution in [2.24, 2.45) is 0 Å². The molecule has 1 aliphatic rings. The molecule has 0 aliphatic carbocycles. The molecule has 18 heavy (non-hydrogen) atoms. The van der Waals surface area contributed by atoms with Gasteiger partial charge in [0, 0.05) is 11.0 Å². The van der Waals surface area contributed by atoms with Gasteiger partial charge in [-0.15, -0.1) is 0 Å². The third-order valence-electron chi connectivity index (χ3n) is 2.97. The minimum Gasteiger partial charge on any atom is -0.378 e. The maximum Gasteiger partial charge on any atom is 0.240 e. The zero-order valence-electron chi connectivity index (χ0n) is 10.3. The SMILES string of the molecule is CC(NC(=O)C1COCCN1)c1ccc(Br)cc1. The maximum atomic E-state index is 12.0. The molecule has 0 radical (unpaired) electrons. The van der Waals surface area contributed by atoms with Crippen molar-refractivity contribution in [3.8, 4) is 0 Å². The summed E-state index contributed by atoms with van der Waals surface area (Å²) in [6.45, 7) is 3.82. The minimum atomic E-state index is -0.239. The molecule has 0 bridgehead atoms. The molecule has 1 amide bonds. The summed E-state index contributed by atoms with van der Waals surface area (Å²) in [6.07, 6.45) is 0. The third-order valence-corrected chi connectivity index (χ3v) is 3.50. The Kier molecular flexibility index (Phi) is 4.74. The second-order valence-electron chi connectivity index (χ2n) is 4.36. The number of halogens is 1. The lowest BCUT2D eigenvalue weighted by Crippen LogP contribution is -2.51. The molecule has 1 fully saturated rings. The van der Waals surface area contributed by atoms with Crippen LogP contribution < -0.4 is 10.6 Å². The van der Waals surface area contributed by atoms with Crippen LogP contribution in [0.15, 0.2) is 28.7 Å². The lowest BCUT2D eigenvalue weighted by Gasteiger charge is -2.25. The number of rotatable bonds is 3. The molecule has 2 atom stereocenters. The van der Waals surface area contributed by atoms with E-state index in [1.54, 1.807) is 0 Å². The van der Waals surface area contributed by atoms with E-state index in [0.29, 0.717) is 13.2 Å². The van der Waals surface area contributed by atoms with Crippen molar-refractivity contribution in [3.63, 3.8) is 0 Å². The van der Waals surface area contributed by atoms with Crippen molar-refractivity contribution in [1.82, 2.24) is 10.6 Å². The standard InChI is InChI=1S/C13H17BrN2O2/c1-9(10-2-4-11(14)5-3-10)16-13(17)12-8-18-7-6-15-12/h2-5,9,12,15H,6-8H2,1H3,(H,16,17). The highest BCUT2D eigenvalue weighted by Gasteiger charge is 2.22. The summed E-state index contributed by atoms with van der Waals surface area (Å²) in [5, 5.41) is 6.13. The van der Waals surface area contributed by atoms with Crippen molar-refractivity contribution in [1.29, 1.82) is 0 Å². The molecular formula is C13H17BrN2O2. The fourth-order valence-electron chi connectivity index (χ4n) is 1.88. The van der Waals surface area contributed by atoms with E-state index < -0.39 is 0 Å². The lowest BCUT2D eigenvalue weighted by atomic mass is 10.1. The van der Waals surface area contributed by atoms with Crippen molar-refractivity contribution in [3.05, 3.63) is 34.3 Å². The normalized spacial score (nSPS) is 21.3. The van der Waals surface area contributed by atoms with E-state index >= 15 is 0 Å². The molecule has 2 rings (SSSR count). The molecule has 4 nitrogen and oxygen atoms in total. The molecule has 1 aliphatic heterocycles. The van der Waals surface area contributed by atoms with Gasteiger partial charge in [0.1, 0.15) is 6.04 Å². The number of benzene rings is 1. The molecule has 0 aromatic heterocycles. The van der Waals surface area contributed by atoms with Gasteiger partial charge in [-0.05, 0) is 24.6 Å². The average molecular weight is 313 g/mol. The summed E-state index contributed by atoms with van der Waals surface area (Å²) in [6, 6.07) is 7.70. The van der Waals surface area contributed by atoms with E-state index in [-0.39, 0.29) is 18.0 Å². The average Bonchev–Trinajstić information content (AvgIpc) is 2.40. The van der Waals surface area contributed by atoms with Gasteiger partial charge in [0.25, 0.3) is 0 Å². The summed E-state index contributed by atoms with van der Waals surface area (Å²) in [7, 11) is 0. The van der Waals surface area contributed by atoms with Gasteiger partial charge in [-0.3, -0.25) is 4.79 Å². The summed E-state index contributed by atoms with van der Waals surface area (Å²) in [5.41, 5.74) is 1.09. The van der Waals surface area contributed by atoms with Gasteiger partial charge in [0.2, 0.25) is 5.91 Å². The van der Waals surface area contributed by atoms with Crippen LogP contribution in [0.5, 0.6) is 0 Å². The third kappa shape index (κ3) is 3.54. The molecule has 1 heterocycles. The fourth-order valence-corrected chi connectivity index (χ4v) is 2.15. The number of carbonyl (C=O) groups excluding carboxylic acids is 1. The number of morpholine rings is 1. The van der Waals surface area contributed by atoms with Crippen molar-refractivity contribution in [2.45, 2.75) is 19.0 Å². The summed E-state index contributed by atoms with van der Waals surface area (Å²) < 4.78 is 6.31. The van der Waals surface area contributed by atoms with Crippen molar-refractivity contribution < 1.29 is 9.53 Å². The maximum absolute atomic E-state index is 12.0. The Bertz CT molecular complexity index is 402. The largest absolute Gasteiger partial charge is 0.378 e. The first-order chi connectivity index (χ1) is 8.66. The van der Waals surface area contributed by atoms with E-state index in [2.05, 4.69) is 26.6 Å². The second-order valence-corrected chi connectivity index (χ2v) is 5.28. The molecule has 5 heteroatoms. The Morgan fingerprint density at radius 3 is 2.83 bits per heavy atom. The Morgan fingerprint density at radius 2 is 2.22 bits per heavy atom. The number of hydrogen-bond acceptors (Lipinski definition) is 3. The summed E-state index contributed by atoms with van der Waals surface area (Å²) in [4.78, 5) is 12.0. The van der Waals surface area contributed by atoms with Crippen molar-refractivity contribution >= 4 is 21.8 Å². The predicted molar refractivity (Wildman–Crippen MR) is 73.3 cm³/mol. The quantitative estimate of drug-likeness (QED) is 0.891. The van der Waals surface area contributed by atoms with E-state index in [0.717, 1.165) is 16.6 Å². The van der Waals surface area contributed by atoms with Crippen LogP contribution >= 0.6 is 15.9 Å². The Labute approximate surface area is 115 Å². The molecule has 1 aromatic carbocycles. The summed E-state index contributed by atoms with van der Waals surface area (Å²) >= 11 is 3.39. The zero-order valence-corrected chi connectivity index (χ0v) is 11.9. The molecule has 2 N–H and O–H groups in total. The zero-order chi connectivity index (χ0) is 13.0. The first-order valence-electron chi connectivity index (χ1n) is 6.04. The molecule has 98 valence electrons. The van der Waals surface area contributed by atoms with Gasteiger partial charge in [-0.2, -0.15) is 0 Å². The highest BCUT2D eigenvalue weighted by atomic mass is 79.9. The number of carbonyl (C=O) groups is 1. The van der Waals surface area contributed by atoms with Gasteiger partial charge in [0.05, 0.1) is 19.3 Å². The predicted octanol–water partition coefficient (Wildman–Crippen LogP) is 1.61. The Morgan fingerprint density at radius 1 is 1.50 bits per heavy atom. The van der Waals surface area contributed by atoms with E-state index in [1.165, 1.54) is 0 Å². The van der Waals surface area contributed by atoms with Crippen LogP contribution in [0.1, 0.15) is 18.5 Å². The van der Waals surface area contributed by atoms with Gasteiger partial charge in [-0.25, -0.2) is 0 Å². The first-order valence-corrected chi connectivity index (χ1v) is 6.83. The highest BCUT2D eigenvalue weighted by molar-refractivity contribution is 9.10. The van der Waals surface area contributed by atoms with E-state index in [9.17, 15) is 4.79 Å². The fraction of sp³-hybridized carbons (Fsp3) is 0.462. The molecule has 1 saturated heterocycles. The van der Waals surface area contributed by atoms with Crippen molar-refractivity contribution in [2.75, 3.05) is 19.8 Å². The minimum absolute atomic E-state index is 0.00525. The molecule has 0 spiro atoms. The number of amides is 1. The van der Waals surface area contributed by atoms with Crippen LogP contribution in [0.2, 0.25) is 0 Å². The smallest absolute Gasteiger partial charge is 0.240 e. The van der Waals surface area contributed by atoms with Crippen LogP contribution in [0.3, 0.4) is 0 Å². The van der Waals surface area contributed by atoms with Crippen LogP contribution in [-0.4, -0.2) is 31.7 Å². The van der Waals surface area contributed by atoms with Gasteiger partial charge < -0.3 is 15.4 Å². The van der Waals surface area contributed by atoms with Crippen LogP contribution in [0, 0.1) is 0 Å². The number of nitrogens with one attached hydrogen (secondary N) is 2.